The molecular weight excluding hydrogens is 486 g/mol. The van der Waals surface area contributed by atoms with Gasteiger partial charge in [0.2, 0.25) is 0 Å². The zero-order valence-electron chi connectivity index (χ0n) is 18.5. The molecule has 0 N–H and O–H groups in total. The van der Waals surface area contributed by atoms with Crippen molar-refractivity contribution in [2.75, 3.05) is 31.1 Å². The highest BCUT2D eigenvalue weighted by Gasteiger charge is 2.37. The quantitative estimate of drug-likeness (QED) is 0.400. The Labute approximate surface area is 199 Å². The van der Waals surface area contributed by atoms with Crippen molar-refractivity contribution in [1.82, 2.24) is 0 Å². The van der Waals surface area contributed by atoms with Crippen LogP contribution in [0.15, 0.2) is 48.5 Å². The number of quaternary nitrogens is 1. The molecule has 1 saturated heterocycles. The van der Waals surface area contributed by atoms with Crippen LogP contribution in [0.2, 0.25) is 0 Å². The molecule has 0 saturated carbocycles. The van der Waals surface area contributed by atoms with E-state index in [1.165, 1.54) is 66.6 Å². The fourth-order valence-electron chi connectivity index (χ4n) is 5.94. The summed E-state index contributed by atoms with van der Waals surface area (Å²) in [6.45, 7) is 9.62. The van der Waals surface area contributed by atoms with Crippen LogP contribution in [0.4, 0.5) is 10.1 Å². The van der Waals surface area contributed by atoms with E-state index in [0.717, 1.165) is 25.4 Å². The first-order chi connectivity index (χ1) is 14.1. The Balaban J connectivity index is 0.00000256. The molecule has 1 aliphatic carbocycles. The smallest absolute Gasteiger partial charge is 0.123 e. The molecule has 0 aromatic heterocycles. The van der Waals surface area contributed by atoms with Crippen molar-refractivity contribution < 1.29 is 32.9 Å². The molecule has 1 unspecified atom stereocenters. The molecule has 0 spiro atoms. The van der Waals surface area contributed by atoms with Crippen LogP contribution in [0, 0.1) is 5.82 Å². The minimum absolute atomic E-state index is 0. The average Bonchev–Trinajstić information content (AvgIpc) is 3.19. The fourth-order valence-corrected chi connectivity index (χ4v) is 5.94. The standard InChI is InChI=1S/C26H36FN2.HI/c1-3-29(4-2)18-8-7-11-26(29)16-17-28(24-14-12-23(27)13-15-24)25-19-21-9-5-6-10-22(21)20-25;/h5-6,9-10,12-15,25-26H,3-4,7-8,11,16-20H2,1-2H3;1H/q+1;/p-1. The van der Waals surface area contributed by atoms with Gasteiger partial charge in [0.05, 0.1) is 25.7 Å². The molecule has 4 heteroatoms. The molecule has 4 rings (SSSR count). The Morgan fingerprint density at radius 1 is 0.933 bits per heavy atom. The van der Waals surface area contributed by atoms with Crippen molar-refractivity contribution in [1.29, 1.82) is 0 Å². The molecule has 30 heavy (non-hydrogen) atoms. The third-order valence-electron chi connectivity index (χ3n) is 7.76. The number of hydrogen-bond acceptors (Lipinski definition) is 1. The highest BCUT2D eigenvalue weighted by molar-refractivity contribution is 5.50. The van der Waals surface area contributed by atoms with Crippen molar-refractivity contribution in [3.8, 4) is 0 Å². The lowest BCUT2D eigenvalue weighted by molar-refractivity contribution is -0.953. The van der Waals surface area contributed by atoms with Crippen molar-refractivity contribution in [2.24, 2.45) is 0 Å². The van der Waals surface area contributed by atoms with Gasteiger partial charge in [0, 0.05) is 24.7 Å². The Hall–Kier alpha value is -1.14. The summed E-state index contributed by atoms with van der Waals surface area (Å²) in [7, 11) is 0. The van der Waals surface area contributed by atoms with E-state index in [2.05, 4.69) is 43.0 Å². The minimum Gasteiger partial charge on any atom is -1.00 e. The van der Waals surface area contributed by atoms with Gasteiger partial charge in [0.1, 0.15) is 5.82 Å². The van der Waals surface area contributed by atoms with Crippen LogP contribution in [-0.2, 0) is 12.8 Å². The van der Waals surface area contributed by atoms with Crippen LogP contribution >= 0.6 is 0 Å². The number of piperidine rings is 1. The summed E-state index contributed by atoms with van der Waals surface area (Å²) in [4.78, 5) is 2.58. The van der Waals surface area contributed by atoms with Gasteiger partial charge in [0.15, 0.2) is 0 Å². The van der Waals surface area contributed by atoms with Crippen molar-refractivity contribution in [3.05, 3.63) is 65.5 Å². The maximum Gasteiger partial charge on any atom is 0.123 e. The highest BCUT2D eigenvalue weighted by Crippen LogP contribution is 2.32. The van der Waals surface area contributed by atoms with Gasteiger partial charge in [-0.2, -0.15) is 0 Å². The van der Waals surface area contributed by atoms with E-state index in [-0.39, 0.29) is 29.8 Å². The third kappa shape index (κ3) is 4.85. The van der Waals surface area contributed by atoms with Crippen molar-refractivity contribution >= 4 is 5.69 Å². The lowest BCUT2D eigenvalue weighted by atomic mass is 9.94. The summed E-state index contributed by atoms with van der Waals surface area (Å²) in [5.74, 6) is -0.150. The molecule has 164 valence electrons. The monoisotopic (exact) mass is 522 g/mol. The molecule has 0 radical (unpaired) electrons. The fraction of sp³-hybridized carbons (Fsp3) is 0.538. The van der Waals surface area contributed by atoms with Crippen molar-refractivity contribution in [3.63, 3.8) is 0 Å². The molecule has 2 aliphatic rings. The van der Waals surface area contributed by atoms with Gasteiger partial charge in [-0.15, -0.1) is 0 Å². The number of rotatable bonds is 7. The van der Waals surface area contributed by atoms with Crippen LogP contribution in [0.1, 0.15) is 50.7 Å². The highest BCUT2D eigenvalue weighted by atomic mass is 127. The Morgan fingerprint density at radius 3 is 2.17 bits per heavy atom. The molecule has 0 amide bonds. The molecule has 2 nitrogen and oxygen atoms in total. The van der Waals surface area contributed by atoms with Gasteiger partial charge in [-0.3, -0.25) is 0 Å². The maximum absolute atomic E-state index is 13.6. The van der Waals surface area contributed by atoms with Gasteiger partial charge in [-0.25, -0.2) is 4.39 Å². The van der Waals surface area contributed by atoms with Gasteiger partial charge in [0.25, 0.3) is 0 Å². The van der Waals surface area contributed by atoms with E-state index in [4.69, 9.17) is 0 Å². The maximum atomic E-state index is 13.6. The van der Waals surface area contributed by atoms with Crippen LogP contribution in [0.5, 0.6) is 0 Å². The molecule has 1 aliphatic heterocycles. The number of fused-ring (bicyclic) bond motifs is 1. The van der Waals surface area contributed by atoms with Gasteiger partial charge >= 0.3 is 0 Å². The number of nitrogens with zero attached hydrogens (tertiary/aromatic N) is 2. The second-order valence-corrected chi connectivity index (χ2v) is 9.01. The number of benzene rings is 2. The zero-order valence-corrected chi connectivity index (χ0v) is 20.7. The predicted molar refractivity (Wildman–Crippen MR) is 120 cm³/mol. The number of hydrogen-bond donors (Lipinski definition) is 0. The van der Waals surface area contributed by atoms with Crippen LogP contribution in [-0.4, -0.2) is 42.7 Å². The minimum atomic E-state index is -0.150. The Morgan fingerprint density at radius 2 is 1.57 bits per heavy atom. The predicted octanol–water partition coefficient (Wildman–Crippen LogP) is 2.60. The van der Waals surface area contributed by atoms with E-state index < -0.39 is 0 Å². The summed E-state index contributed by atoms with van der Waals surface area (Å²) in [6, 6.07) is 17.3. The normalized spacial score (nSPS) is 20.4. The summed E-state index contributed by atoms with van der Waals surface area (Å²) < 4.78 is 14.9. The SMILES string of the molecule is CC[N+]1(CC)CCCCC1CCN(c1ccc(F)cc1)C1Cc2ccccc2C1.[I-]. The van der Waals surface area contributed by atoms with E-state index in [9.17, 15) is 4.39 Å². The topological polar surface area (TPSA) is 3.24 Å². The molecular formula is C26H36FIN2. The summed E-state index contributed by atoms with van der Waals surface area (Å²) >= 11 is 0. The summed E-state index contributed by atoms with van der Waals surface area (Å²) in [5, 5.41) is 0. The molecule has 0 bridgehead atoms. The molecule has 2 aromatic rings. The first-order valence-electron chi connectivity index (χ1n) is 11.6. The molecule has 1 heterocycles. The second kappa shape index (κ2) is 10.4. The third-order valence-corrected chi connectivity index (χ3v) is 7.76. The number of anilines is 1. The van der Waals surface area contributed by atoms with E-state index in [0.29, 0.717) is 6.04 Å². The van der Waals surface area contributed by atoms with Gasteiger partial charge in [-0.05, 0) is 81.3 Å². The summed E-state index contributed by atoms with van der Waals surface area (Å²) in [6.07, 6.45) is 7.52. The largest absolute Gasteiger partial charge is 1.00 e. The van der Waals surface area contributed by atoms with Gasteiger partial charge < -0.3 is 33.4 Å². The zero-order chi connectivity index (χ0) is 20.3. The van der Waals surface area contributed by atoms with Crippen LogP contribution < -0.4 is 28.9 Å². The molecule has 1 fully saturated rings. The van der Waals surface area contributed by atoms with Crippen molar-refractivity contribution in [2.45, 2.75) is 64.5 Å². The van der Waals surface area contributed by atoms with Crippen LogP contribution in [0.25, 0.3) is 0 Å². The summed E-state index contributed by atoms with van der Waals surface area (Å²) in [5.41, 5.74) is 4.13. The first kappa shape index (κ1) is 23.5. The van der Waals surface area contributed by atoms with E-state index in [1.54, 1.807) is 12.1 Å². The van der Waals surface area contributed by atoms with E-state index >= 15 is 0 Å². The lowest BCUT2D eigenvalue weighted by Crippen LogP contribution is -3.00. The number of likely N-dealkylation sites (tertiary alicyclic amines) is 1. The Bertz CT molecular complexity index is 778. The average molecular weight is 522 g/mol. The Kier molecular flexibility index (Phi) is 8.19. The van der Waals surface area contributed by atoms with Gasteiger partial charge in [-0.1, -0.05) is 24.3 Å². The van der Waals surface area contributed by atoms with E-state index in [1.807, 2.05) is 12.1 Å². The number of halogens is 2. The molecule has 1 atom stereocenters. The lowest BCUT2D eigenvalue weighted by Gasteiger charge is -2.47. The second-order valence-electron chi connectivity index (χ2n) is 9.01. The van der Waals surface area contributed by atoms with Crippen LogP contribution in [0.3, 0.4) is 0 Å². The first-order valence-corrected chi connectivity index (χ1v) is 11.6. The molecule has 2 aromatic carbocycles.